The van der Waals surface area contributed by atoms with Gasteiger partial charge in [-0.3, -0.25) is 4.90 Å². The van der Waals surface area contributed by atoms with Crippen molar-refractivity contribution in [3.05, 3.63) is 34.9 Å². The quantitative estimate of drug-likeness (QED) is 0.773. The zero-order valence-corrected chi connectivity index (χ0v) is 9.87. The van der Waals surface area contributed by atoms with Crippen LogP contribution in [0.2, 0.25) is 0 Å². The Morgan fingerprint density at radius 1 is 1.38 bits per heavy atom. The van der Waals surface area contributed by atoms with E-state index in [-0.39, 0.29) is 0 Å². The maximum atomic E-state index is 8.85. The van der Waals surface area contributed by atoms with Crippen LogP contribution in [0.25, 0.3) is 0 Å². The molecule has 0 N–H and O–H groups in total. The normalized spacial score (nSPS) is 15.5. The van der Waals surface area contributed by atoms with E-state index in [1.54, 1.807) is 0 Å². The molecule has 84 valence electrons. The lowest BCUT2D eigenvalue weighted by Gasteiger charge is -2.28. The number of nitrogens with zero attached hydrogens (tertiary/aromatic N) is 2. The van der Waals surface area contributed by atoms with Crippen LogP contribution in [0.4, 0.5) is 0 Å². The minimum Gasteiger partial charge on any atom is -0.299 e. The van der Waals surface area contributed by atoms with E-state index in [9.17, 15) is 0 Å². The molecule has 1 heterocycles. The third-order valence-electron chi connectivity index (χ3n) is 3.25. The van der Waals surface area contributed by atoms with E-state index in [1.165, 1.54) is 30.5 Å². The Kier molecular flexibility index (Phi) is 3.58. The standard InChI is InChI=1S/C14H18N2/c1-2-3-7-16-8-6-13-9-12(10-15)4-5-14(13)11-16/h4-5,9H,2-3,6-8,11H2,1H3. The van der Waals surface area contributed by atoms with Gasteiger partial charge in [-0.1, -0.05) is 19.4 Å². The van der Waals surface area contributed by atoms with Gasteiger partial charge in [-0.15, -0.1) is 0 Å². The van der Waals surface area contributed by atoms with E-state index in [0.29, 0.717) is 0 Å². The summed E-state index contributed by atoms with van der Waals surface area (Å²) in [6.07, 6.45) is 3.64. The van der Waals surface area contributed by atoms with Crippen LogP contribution >= 0.6 is 0 Å². The first kappa shape index (κ1) is 11.2. The molecule has 0 bridgehead atoms. The largest absolute Gasteiger partial charge is 0.299 e. The number of fused-ring (bicyclic) bond motifs is 1. The van der Waals surface area contributed by atoms with Crippen LogP contribution in [-0.2, 0) is 13.0 Å². The van der Waals surface area contributed by atoms with Crippen LogP contribution in [0.15, 0.2) is 18.2 Å². The van der Waals surface area contributed by atoms with Crippen LogP contribution in [0, 0.1) is 11.3 Å². The van der Waals surface area contributed by atoms with Crippen molar-refractivity contribution in [3.63, 3.8) is 0 Å². The van der Waals surface area contributed by atoms with Gasteiger partial charge in [-0.25, -0.2) is 0 Å². The summed E-state index contributed by atoms with van der Waals surface area (Å²) in [6.45, 7) is 5.63. The molecule has 16 heavy (non-hydrogen) atoms. The monoisotopic (exact) mass is 214 g/mol. The van der Waals surface area contributed by atoms with E-state index in [1.807, 2.05) is 12.1 Å². The summed E-state index contributed by atoms with van der Waals surface area (Å²) < 4.78 is 0. The van der Waals surface area contributed by atoms with Gasteiger partial charge in [0, 0.05) is 13.1 Å². The first-order valence-electron chi connectivity index (χ1n) is 6.07. The van der Waals surface area contributed by atoms with Gasteiger partial charge >= 0.3 is 0 Å². The van der Waals surface area contributed by atoms with Gasteiger partial charge in [-0.2, -0.15) is 5.26 Å². The lowest BCUT2D eigenvalue weighted by Crippen LogP contribution is -2.31. The summed E-state index contributed by atoms with van der Waals surface area (Å²) >= 11 is 0. The molecule has 2 nitrogen and oxygen atoms in total. The molecule has 0 amide bonds. The third-order valence-corrected chi connectivity index (χ3v) is 3.25. The van der Waals surface area contributed by atoms with E-state index in [2.05, 4.69) is 24.0 Å². The number of unbranched alkanes of at least 4 members (excludes halogenated alkanes) is 1. The van der Waals surface area contributed by atoms with Crippen LogP contribution in [0.5, 0.6) is 0 Å². The first-order chi connectivity index (χ1) is 7.83. The molecule has 0 aliphatic carbocycles. The fourth-order valence-corrected chi connectivity index (χ4v) is 2.25. The summed E-state index contributed by atoms with van der Waals surface area (Å²) in [6, 6.07) is 8.31. The molecule has 1 aliphatic rings. The Morgan fingerprint density at radius 2 is 2.25 bits per heavy atom. The van der Waals surface area contributed by atoms with Gasteiger partial charge in [0.2, 0.25) is 0 Å². The summed E-state index contributed by atoms with van der Waals surface area (Å²) in [5, 5.41) is 8.85. The second kappa shape index (κ2) is 5.14. The average Bonchev–Trinajstić information content (AvgIpc) is 2.35. The predicted octanol–water partition coefficient (Wildman–Crippen LogP) is 2.72. The molecule has 0 spiro atoms. The van der Waals surface area contributed by atoms with Crippen molar-refractivity contribution < 1.29 is 0 Å². The third kappa shape index (κ3) is 2.43. The lowest BCUT2D eigenvalue weighted by molar-refractivity contribution is 0.250. The predicted molar refractivity (Wildman–Crippen MR) is 65.0 cm³/mol. The Hall–Kier alpha value is -1.33. The van der Waals surface area contributed by atoms with E-state index < -0.39 is 0 Å². The highest BCUT2D eigenvalue weighted by Crippen LogP contribution is 2.20. The first-order valence-corrected chi connectivity index (χ1v) is 6.07. The minimum absolute atomic E-state index is 0.792. The topological polar surface area (TPSA) is 27.0 Å². The Labute approximate surface area is 97.5 Å². The highest BCUT2D eigenvalue weighted by Gasteiger charge is 2.15. The molecular weight excluding hydrogens is 196 g/mol. The van der Waals surface area contributed by atoms with Crippen molar-refractivity contribution in [2.24, 2.45) is 0 Å². The van der Waals surface area contributed by atoms with Crippen LogP contribution in [-0.4, -0.2) is 18.0 Å². The molecular formula is C14H18N2. The molecule has 1 aromatic rings. The van der Waals surface area contributed by atoms with Gasteiger partial charge in [0.1, 0.15) is 0 Å². The van der Waals surface area contributed by atoms with Crippen molar-refractivity contribution >= 4 is 0 Å². The van der Waals surface area contributed by atoms with Crippen molar-refractivity contribution in [2.45, 2.75) is 32.7 Å². The smallest absolute Gasteiger partial charge is 0.0991 e. The number of benzene rings is 1. The second-order valence-corrected chi connectivity index (χ2v) is 4.47. The summed E-state index contributed by atoms with van der Waals surface area (Å²) in [4.78, 5) is 2.51. The van der Waals surface area contributed by atoms with Gasteiger partial charge in [-0.05, 0) is 42.6 Å². The molecule has 1 aliphatic heterocycles. The zero-order valence-electron chi connectivity index (χ0n) is 9.87. The molecule has 0 fully saturated rings. The van der Waals surface area contributed by atoms with Crippen LogP contribution in [0.1, 0.15) is 36.5 Å². The summed E-state index contributed by atoms with van der Waals surface area (Å²) in [5.74, 6) is 0. The SMILES string of the molecule is CCCCN1CCc2cc(C#N)ccc2C1. The molecule has 0 unspecified atom stereocenters. The molecule has 0 saturated heterocycles. The Balaban J connectivity index is 2.07. The second-order valence-electron chi connectivity index (χ2n) is 4.47. The Morgan fingerprint density at radius 3 is 3.00 bits per heavy atom. The fraction of sp³-hybridized carbons (Fsp3) is 0.500. The minimum atomic E-state index is 0.792. The van der Waals surface area contributed by atoms with Crippen molar-refractivity contribution in [1.29, 1.82) is 5.26 Å². The van der Waals surface area contributed by atoms with Gasteiger partial charge in [0.25, 0.3) is 0 Å². The number of nitriles is 1. The highest BCUT2D eigenvalue weighted by molar-refractivity contribution is 5.39. The number of rotatable bonds is 3. The molecule has 0 radical (unpaired) electrons. The number of hydrogen-bond acceptors (Lipinski definition) is 2. The van der Waals surface area contributed by atoms with Crippen molar-refractivity contribution in [3.8, 4) is 6.07 Å². The molecule has 0 saturated carbocycles. The van der Waals surface area contributed by atoms with Gasteiger partial charge in [0.15, 0.2) is 0 Å². The van der Waals surface area contributed by atoms with Crippen LogP contribution in [0.3, 0.4) is 0 Å². The molecule has 1 aromatic carbocycles. The van der Waals surface area contributed by atoms with Crippen molar-refractivity contribution in [2.75, 3.05) is 13.1 Å². The zero-order chi connectivity index (χ0) is 11.4. The van der Waals surface area contributed by atoms with Crippen molar-refractivity contribution in [1.82, 2.24) is 4.90 Å². The van der Waals surface area contributed by atoms with E-state index in [0.717, 1.165) is 25.1 Å². The van der Waals surface area contributed by atoms with E-state index >= 15 is 0 Å². The van der Waals surface area contributed by atoms with Gasteiger partial charge in [0.05, 0.1) is 11.6 Å². The Bertz CT molecular complexity index is 404. The fourth-order valence-electron chi connectivity index (χ4n) is 2.25. The molecule has 0 atom stereocenters. The number of hydrogen-bond donors (Lipinski definition) is 0. The van der Waals surface area contributed by atoms with E-state index in [4.69, 9.17) is 5.26 Å². The molecule has 2 rings (SSSR count). The lowest BCUT2D eigenvalue weighted by atomic mass is 9.97. The van der Waals surface area contributed by atoms with Crippen LogP contribution < -0.4 is 0 Å². The average molecular weight is 214 g/mol. The molecule has 2 heteroatoms. The summed E-state index contributed by atoms with van der Waals surface area (Å²) in [7, 11) is 0. The maximum absolute atomic E-state index is 8.85. The molecule has 0 aromatic heterocycles. The van der Waals surface area contributed by atoms with Gasteiger partial charge < -0.3 is 0 Å². The highest BCUT2D eigenvalue weighted by atomic mass is 15.1. The maximum Gasteiger partial charge on any atom is 0.0991 e. The summed E-state index contributed by atoms with van der Waals surface area (Å²) in [5.41, 5.74) is 3.56.